The Morgan fingerprint density at radius 3 is 3.06 bits per heavy atom. The molecule has 0 aliphatic carbocycles. The summed E-state index contributed by atoms with van der Waals surface area (Å²) in [5.74, 6) is 0.0377. The number of hydrogen-bond donors (Lipinski definition) is 0. The van der Waals surface area contributed by atoms with Crippen molar-refractivity contribution >= 4 is 21.8 Å². The van der Waals surface area contributed by atoms with Gasteiger partial charge in [-0.05, 0) is 41.9 Å². The molecule has 2 unspecified atom stereocenters. The van der Waals surface area contributed by atoms with Crippen LogP contribution in [0.2, 0.25) is 0 Å². The van der Waals surface area contributed by atoms with Crippen LogP contribution in [-0.4, -0.2) is 41.1 Å². The molecule has 0 bridgehead atoms. The molecule has 1 saturated heterocycles. The van der Waals surface area contributed by atoms with E-state index in [4.69, 9.17) is 4.74 Å². The number of rotatable bonds is 1. The monoisotopic (exact) mass is 298 g/mol. The highest BCUT2D eigenvalue weighted by Gasteiger charge is 2.28. The van der Waals surface area contributed by atoms with Gasteiger partial charge in [0.25, 0.3) is 5.91 Å². The van der Waals surface area contributed by atoms with Crippen molar-refractivity contribution in [2.24, 2.45) is 0 Å². The highest BCUT2D eigenvalue weighted by Crippen LogP contribution is 2.16. The van der Waals surface area contributed by atoms with E-state index in [0.717, 1.165) is 0 Å². The van der Waals surface area contributed by atoms with Crippen molar-refractivity contribution in [1.82, 2.24) is 9.88 Å². The molecule has 0 spiro atoms. The van der Waals surface area contributed by atoms with Crippen molar-refractivity contribution in [2.45, 2.75) is 26.0 Å². The van der Waals surface area contributed by atoms with Crippen LogP contribution >= 0.6 is 15.9 Å². The summed E-state index contributed by atoms with van der Waals surface area (Å²) in [6, 6.07) is 3.60. The van der Waals surface area contributed by atoms with E-state index in [1.165, 1.54) is 0 Å². The summed E-state index contributed by atoms with van der Waals surface area (Å²) in [4.78, 5) is 18.2. The maximum absolute atomic E-state index is 12.3. The zero-order valence-electron chi connectivity index (χ0n) is 9.89. The van der Waals surface area contributed by atoms with Gasteiger partial charge in [-0.3, -0.25) is 4.79 Å². The van der Waals surface area contributed by atoms with Crippen LogP contribution in [-0.2, 0) is 4.74 Å². The second kappa shape index (κ2) is 5.14. The molecular formula is C12H15BrN2O2. The molecule has 5 heteroatoms. The van der Waals surface area contributed by atoms with Gasteiger partial charge < -0.3 is 9.64 Å². The largest absolute Gasteiger partial charge is 0.375 e. The number of nitrogens with zero attached hydrogens (tertiary/aromatic N) is 2. The van der Waals surface area contributed by atoms with Gasteiger partial charge in [0.15, 0.2) is 0 Å². The van der Waals surface area contributed by atoms with Gasteiger partial charge in [0.05, 0.1) is 18.8 Å². The Kier molecular flexibility index (Phi) is 3.79. The zero-order valence-corrected chi connectivity index (χ0v) is 11.5. The van der Waals surface area contributed by atoms with E-state index in [9.17, 15) is 4.79 Å². The zero-order chi connectivity index (χ0) is 12.4. The molecule has 1 fully saturated rings. The SMILES string of the molecule is CC1CN(C(=O)c2ccnc(Br)c2)C(C)CO1. The van der Waals surface area contributed by atoms with Crippen molar-refractivity contribution in [1.29, 1.82) is 0 Å². The van der Waals surface area contributed by atoms with Gasteiger partial charge in [0.1, 0.15) is 4.60 Å². The summed E-state index contributed by atoms with van der Waals surface area (Å²) in [6.07, 6.45) is 1.73. The van der Waals surface area contributed by atoms with Crippen LogP contribution in [0.3, 0.4) is 0 Å². The molecule has 1 aliphatic rings. The average molecular weight is 299 g/mol. The molecule has 0 aromatic carbocycles. The second-order valence-electron chi connectivity index (χ2n) is 4.32. The van der Waals surface area contributed by atoms with Crippen LogP contribution in [0.4, 0.5) is 0 Å². The predicted molar refractivity (Wildman–Crippen MR) is 67.8 cm³/mol. The van der Waals surface area contributed by atoms with Crippen molar-refractivity contribution < 1.29 is 9.53 Å². The van der Waals surface area contributed by atoms with E-state index < -0.39 is 0 Å². The molecule has 2 rings (SSSR count). The van der Waals surface area contributed by atoms with E-state index in [2.05, 4.69) is 20.9 Å². The molecule has 1 aromatic heterocycles. The lowest BCUT2D eigenvalue weighted by molar-refractivity contribution is -0.0387. The minimum Gasteiger partial charge on any atom is -0.375 e. The van der Waals surface area contributed by atoms with Gasteiger partial charge in [0.2, 0.25) is 0 Å². The van der Waals surface area contributed by atoms with Gasteiger partial charge >= 0.3 is 0 Å². The van der Waals surface area contributed by atoms with Crippen LogP contribution in [0.25, 0.3) is 0 Å². The maximum Gasteiger partial charge on any atom is 0.254 e. The number of amides is 1. The summed E-state index contributed by atoms with van der Waals surface area (Å²) in [6.45, 7) is 5.22. The third-order valence-electron chi connectivity index (χ3n) is 2.84. The van der Waals surface area contributed by atoms with Crippen LogP contribution in [0.1, 0.15) is 24.2 Å². The van der Waals surface area contributed by atoms with Crippen molar-refractivity contribution in [3.8, 4) is 0 Å². The summed E-state index contributed by atoms with van der Waals surface area (Å²) in [7, 11) is 0. The summed E-state index contributed by atoms with van der Waals surface area (Å²) in [5, 5.41) is 0. The van der Waals surface area contributed by atoms with Crippen LogP contribution in [0, 0.1) is 0 Å². The first kappa shape index (κ1) is 12.5. The molecule has 0 N–H and O–H groups in total. The predicted octanol–water partition coefficient (Wildman–Crippen LogP) is 2.09. The number of halogens is 1. The highest BCUT2D eigenvalue weighted by atomic mass is 79.9. The normalized spacial score (nSPS) is 24.8. The van der Waals surface area contributed by atoms with E-state index in [-0.39, 0.29) is 18.1 Å². The Morgan fingerprint density at radius 2 is 2.35 bits per heavy atom. The van der Waals surface area contributed by atoms with E-state index in [1.54, 1.807) is 18.3 Å². The quantitative estimate of drug-likeness (QED) is 0.746. The average Bonchev–Trinajstić information content (AvgIpc) is 2.31. The third-order valence-corrected chi connectivity index (χ3v) is 3.28. The Morgan fingerprint density at radius 1 is 1.59 bits per heavy atom. The first-order chi connectivity index (χ1) is 8.08. The fourth-order valence-corrected chi connectivity index (χ4v) is 2.25. The molecule has 17 heavy (non-hydrogen) atoms. The number of carbonyl (C=O) groups excluding carboxylic acids is 1. The number of pyridine rings is 1. The number of ether oxygens (including phenoxy) is 1. The Balaban J connectivity index is 2.18. The van der Waals surface area contributed by atoms with E-state index in [0.29, 0.717) is 23.3 Å². The first-order valence-electron chi connectivity index (χ1n) is 5.62. The van der Waals surface area contributed by atoms with Crippen LogP contribution in [0.5, 0.6) is 0 Å². The first-order valence-corrected chi connectivity index (χ1v) is 6.41. The Bertz CT molecular complexity index is 425. The smallest absolute Gasteiger partial charge is 0.254 e. The molecule has 2 atom stereocenters. The Hall–Kier alpha value is -0.940. The van der Waals surface area contributed by atoms with Gasteiger partial charge in [-0.2, -0.15) is 0 Å². The number of morpholine rings is 1. The van der Waals surface area contributed by atoms with E-state index in [1.807, 2.05) is 18.7 Å². The van der Waals surface area contributed by atoms with Gasteiger partial charge in [-0.1, -0.05) is 0 Å². The molecule has 1 amide bonds. The lowest BCUT2D eigenvalue weighted by Gasteiger charge is -2.36. The second-order valence-corrected chi connectivity index (χ2v) is 5.13. The number of aromatic nitrogens is 1. The lowest BCUT2D eigenvalue weighted by atomic mass is 10.1. The Labute approximate surface area is 109 Å². The summed E-state index contributed by atoms with van der Waals surface area (Å²) < 4.78 is 6.19. The van der Waals surface area contributed by atoms with Crippen LogP contribution in [0.15, 0.2) is 22.9 Å². The lowest BCUT2D eigenvalue weighted by Crippen LogP contribution is -2.50. The molecule has 0 radical (unpaired) electrons. The fourth-order valence-electron chi connectivity index (χ4n) is 1.89. The number of carbonyl (C=O) groups is 1. The molecule has 1 aliphatic heterocycles. The van der Waals surface area contributed by atoms with Crippen molar-refractivity contribution in [3.05, 3.63) is 28.5 Å². The molecular weight excluding hydrogens is 284 g/mol. The summed E-state index contributed by atoms with van der Waals surface area (Å²) in [5.41, 5.74) is 0.660. The molecule has 0 saturated carbocycles. The van der Waals surface area contributed by atoms with Gasteiger partial charge in [0, 0.05) is 18.3 Å². The van der Waals surface area contributed by atoms with Gasteiger partial charge in [-0.15, -0.1) is 0 Å². The van der Waals surface area contributed by atoms with E-state index >= 15 is 0 Å². The minimum absolute atomic E-state index is 0.0377. The standard InChI is InChI=1S/C12H15BrN2O2/c1-8-7-17-9(2)6-15(8)12(16)10-3-4-14-11(13)5-10/h3-5,8-9H,6-7H2,1-2H3. The molecule has 2 heterocycles. The number of hydrogen-bond acceptors (Lipinski definition) is 3. The third kappa shape index (κ3) is 2.84. The molecule has 1 aromatic rings. The van der Waals surface area contributed by atoms with Crippen molar-refractivity contribution in [2.75, 3.05) is 13.2 Å². The topological polar surface area (TPSA) is 42.4 Å². The fraction of sp³-hybridized carbons (Fsp3) is 0.500. The maximum atomic E-state index is 12.3. The summed E-state index contributed by atoms with van der Waals surface area (Å²) >= 11 is 3.27. The van der Waals surface area contributed by atoms with Crippen molar-refractivity contribution in [3.63, 3.8) is 0 Å². The van der Waals surface area contributed by atoms with Crippen LogP contribution < -0.4 is 0 Å². The van der Waals surface area contributed by atoms with Gasteiger partial charge in [-0.25, -0.2) is 4.98 Å². The molecule has 4 nitrogen and oxygen atoms in total. The molecule has 92 valence electrons. The minimum atomic E-state index is 0.0377. The highest BCUT2D eigenvalue weighted by molar-refractivity contribution is 9.10.